The van der Waals surface area contributed by atoms with Crippen LogP contribution >= 0.6 is 0 Å². The maximum absolute atomic E-state index is 13.8. The molecule has 0 saturated carbocycles. The number of hydrogen-bond donors (Lipinski definition) is 1. The second-order valence-electron chi connectivity index (χ2n) is 9.67. The van der Waals surface area contributed by atoms with E-state index in [9.17, 15) is 8.42 Å². The molecule has 0 aliphatic rings. The first kappa shape index (κ1) is 27.1. The van der Waals surface area contributed by atoms with Gasteiger partial charge < -0.3 is 14.5 Å². The zero-order valence-corrected chi connectivity index (χ0v) is 23.4. The first-order chi connectivity index (χ1) is 20.6. The molecule has 0 bridgehead atoms. The summed E-state index contributed by atoms with van der Waals surface area (Å²) in [6, 6.07) is 45.0. The van der Waals surface area contributed by atoms with E-state index in [-0.39, 0.29) is 21.7 Å². The average molecular weight is 573 g/mol. The van der Waals surface area contributed by atoms with Crippen LogP contribution in [-0.4, -0.2) is 13.4 Å². The first-order valence-corrected chi connectivity index (χ1v) is 15.0. The van der Waals surface area contributed by atoms with E-state index in [1.54, 1.807) is 30.3 Å². The van der Waals surface area contributed by atoms with Crippen molar-refractivity contribution in [2.45, 2.75) is 22.4 Å². The van der Waals surface area contributed by atoms with Crippen molar-refractivity contribution in [3.05, 3.63) is 168 Å². The van der Waals surface area contributed by atoms with Gasteiger partial charge in [-0.3, -0.25) is 0 Å². The van der Waals surface area contributed by atoms with Gasteiger partial charge in [-0.2, -0.15) is 4.98 Å². The van der Waals surface area contributed by atoms with E-state index >= 15 is 0 Å². The molecule has 6 aromatic rings. The maximum Gasteiger partial charge on any atom is 0.233 e. The average Bonchev–Trinajstić information content (AvgIpc) is 3.47. The predicted molar refractivity (Wildman–Crippen MR) is 163 cm³/mol. The number of para-hydroxylation sites is 1. The van der Waals surface area contributed by atoms with Crippen LogP contribution in [0, 0.1) is 0 Å². The molecule has 0 atom stereocenters. The number of aromatic nitrogens is 1. The lowest BCUT2D eigenvalue weighted by Crippen LogP contribution is -2.08. The van der Waals surface area contributed by atoms with Crippen LogP contribution in [0.2, 0.25) is 0 Å². The molecule has 0 radical (unpaired) electrons. The van der Waals surface area contributed by atoms with E-state index in [1.165, 1.54) is 0 Å². The van der Waals surface area contributed by atoms with Gasteiger partial charge >= 0.3 is 0 Å². The lowest BCUT2D eigenvalue weighted by atomic mass is 9.91. The third-order valence-corrected chi connectivity index (χ3v) is 8.44. The fourth-order valence-corrected chi connectivity index (χ4v) is 6.05. The van der Waals surface area contributed by atoms with E-state index in [2.05, 4.69) is 10.3 Å². The molecular weight excluding hydrogens is 544 g/mol. The molecule has 0 saturated heterocycles. The van der Waals surface area contributed by atoms with Crippen molar-refractivity contribution in [1.82, 2.24) is 4.98 Å². The molecule has 1 heterocycles. The van der Waals surface area contributed by atoms with Gasteiger partial charge in [-0.15, -0.1) is 0 Å². The molecule has 5 aromatic carbocycles. The number of hydrogen-bond acceptors (Lipinski definition) is 6. The van der Waals surface area contributed by atoms with Gasteiger partial charge in [0, 0.05) is 6.54 Å². The van der Waals surface area contributed by atoms with Crippen LogP contribution in [0.1, 0.15) is 28.5 Å². The summed E-state index contributed by atoms with van der Waals surface area (Å²) in [5.74, 6) is 1.36. The Morgan fingerprint density at radius 1 is 0.667 bits per heavy atom. The first-order valence-electron chi connectivity index (χ1n) is 13.5. The molecule has 1 N–H and O–H groups in total. The van der Waals surface area contributed by atoms with Crippen molar-refractivity contribution >= 4 is 15.7 Å². The minimum absolute atomic E-state index is 0.0834. The minimum Gasteiger partial charge on any atom is -0.457 e. The zero-order valence-electron chi connectivity index (χ0n) is 22.6. The van der Waals surface area contributed by atoms with E-state index < -0.39 is 15.8 Å². The summed E-state index contributed by atoms with van der Waals surface area (Å²) in [5.41, 5.74) is 2.75. The van der Waals surface area contributed by atoms with E-state index in [1.807, 2.05) is 115 Å². The number of benzene rings is 5. The van der Waals surface area contributed by atoms with Gasteiger partial charge in [0.05, 0.1) is 10.8 Å². The Morgan fingerprint density at radius 2 is 1.21 bits per heavy atom. The number of rotatable bonds is 10. The van der Waals surface area contributed by atoms with E-state index in [0.29, 0.717) is 12.3 Å². The highest BCUT2D eigenvalue weighted by molar-refractivity contribution is 7.91. The summed E-state index contributed by atoms with van der Waals surface area (Å²) in [6.45, 7) is 0.291. The maximum atomic E-state index is 13.8. The van der Waals surface area contributed by atoms with Crippen LogP contribution in [0.5, 0.6) is 11.5 Å². The van der Waals surface area contributed by atoms with Gasteiger partial charge in [0.2, 0.25) is 26.6 Å². The van der Waals surface area contributed by atoms with Crippen LogP contribution in [0.15, 0.2) is 160 Å². The standard InChI is InChI=1S/C35H28N2O4S/c38-42(39,31-22-11-4-12-23-31)35-34(36-25-26-14-13-21-30(24-26)40-29-19-9-3-10-20-29)41-33(37-35)32(27-15-5-1-6-16-27)28-17-7-2-8-18-28/h1-24,32,36H,25H2. The molecule has 0 unspecified atom stereocenters. The number of ether oxygens (including phenoxy) is 1. The minimum atomic E-state index is -3.99. The van der Waals surface area contributed by atoms with Crippen LogP contribution in [-0.2, 0) is 16.4 Å². The molecule has 0 spiro atoms. The molecule has 6 rings (SSSR count). The molecule has 7 heteroatoms. The third-order valence-electron chi connectivity index (χ3n) is 6.76. The van der Waals surface area contributed by atoms with Crippen molar-refractivity contribution in [1.29, 1.82) is 0 Å². The topological polar surface area (TPSA) is 81.4 Å². The van der Waals surface area contributed by atoms with Crippen LogP contribution in [0.4, 0.5) is 5.88 Å². The molecule has 42 heavy (non-hydrogen) atoms. The van der Waals surface area contributed by atoms with Gasteiger partial charge in [0.15, 0.2) is 0 Å². The van der Waals surface area contributed by atoms with Crippen molar-refractivity contribution < 1.29 is 17.6 Å². The quantitative estimate of drug-likeness (QED) is 0.179. The summed E-state index contributed by atoms with van der Waals surface area (Å²) in [7, 11) is -3.99. The Morgan fingerprint density at radius 3 is 1.83 bits per heavy atom. The van der Waals surface area contributed by atoms with Gasteiger partial charge in [-0.05, 0) is 53.1 Å². The summed E-state index contributed by atoms with van der Waals surface area (Å²) in [5, 5.41) is 3.06. The molecule has 1 aromatic heterocycles. The Labute approximate surface area is 245 Å². The summed E-state index contributed by atoms with van der Waals surface area (Å²) < 4.78 is 40.0. The molecule has 0 aliphatic carbocycles. The zero-order chi connectivity index (χ0) is 28.8. The number of sulfone groups is 1. The Hall–Kier alpha value is -5.14. The molecule has 208 valence electrons. The second-order valence-corrected chi connectivity index (χ2v) is 11.5. The lowest BCUT2D eigenvalue weighted by molar-refractivity contribution is 0.481. The van der Waals surface area contributed by atoms with Crippen LogP contribution < -0.4 is 10.1 Å². The summed E-state index contributed by atoms with van der Waals surface area (Å²) >= 11 is 0. The highest BCUT2D eigenvalue weighted by atomic mass is 32.2. The smallest absolute Gasteiger partial charge is 0.233 e. The molecule has 0 fully saturated rings. The number of oxazole rings is 1. The van der Waals surface area contributed by atoms with Gasteiger partial charge in [-0.1, -0.05) is 109 Å². The monoisotopic (exact) mass is 572 g/mol. The number of anilines is 1. The molecular formula is C35H28N2O4S. The lowest BCUT2D eigenvalue weighted by Gasteiger charge is -2.14. The third kappa shape index (κ3) is 5.96. The summed E-state index contributed by atoms with van der Waals surface area (Å²) in [6.07, 6.45) is 0. The fourth-order valence-electron chi connectivity index (χ4n) is 4.74. The van der Waals surface area contributed by atoms with Gasteiger partial charge in [0.1, 0.15) is 11.5 Å². The van der Waals surface area contributed by atoms with Crippen LogP contribution in [0.25, 0.3) is 0 Å². The number of nitrogens with one attached hydrogen (secondary N) is 1. The van der Waals surface area contributed by atoms with E-state index in [0.717, 1.165) is 22.4 Å². The Bertz CT molecular complexity index is 1820. The Kier molecular flexibility index (Phi) is 7.83. The summed E-state index contributed by atoms with van der Waals surface area (Å²) in [4.78, 5) is 4.80. The number of nitrogens with zero attached hydrogens (tertiary/aromatic N) is 1. The molecule has 0 aliphatic heterocycles. The Balaban J connectivity index is 1.38. The SMILES string of the molecule is O=S(=O)(c1ccccc1)c1nc(C(c2ccccc2)c2ccccc2)oc1NCc1cccc(Oc2ccccc2)c1. The van der Waals surface area contributed by atoms with E-state index in [4.69, 9.17) is 9.15 Å². The highest BCUT2D eigenvalue weighted by Gasteiger charge is 2.31. The largest absolute Gasteiger partial charge is 0.457 e. The van der Waals surface area contributed by atoms with Crippen molar-refractivity contribution in [3.63, 3.8) is 0 Å². The molecule has 0 amide bonds. The molecule has 6 nitrogen and oxygen atoms in total. The van der Waals surface area contributed by atoms with Gasteiger partial charge in [-0.25, -0.2) is 8.42 Å². The fraction of sp³-hybridized carbons (Fsp3) is 0.0571. The predicted octanol–water partition coefficient (Wildman–Crippen LogP) is 8.09. The highest BCUT2D eigenvalue weighted by Crippen LogP contribution is 2.37. The van der Waals surface area contributed by atoms with Crippen molar-refractivity contribution in [2.24, 2.45) is 0 Å². The van der Waals surface area contributed by atoms with Crippen molar-refractivity contribution in [3.8, 4) is 11.5 Å². The van der Waals surface area contributed by atoms with Gasteiger partial charge in [0.25, 0.3) is 0 Å². The van der Waals surface area contributed by atoms with Crippen LogP contribution in [0.3, 0.4) is 0 Å². The normalized spacial score (nSPS) is 11.4. The van der Waals surface area contributed by atoms with Crippen molar-refractivity contribution in [2.75, 3.05) is 5.32 Å². The second kappa shape index (κ2) is 12.2.